The summed E-state index contributed by atoms with van der Waals surface area (Å²) in [4.78, 5) is 2.39. The lowest BCUT2D eigenvalue weighted by atomic mass is 10.1. The first-order chi connectivity index (χ1) is 9.26. The van der Waals surface area contributed by atoms with E-state index in [1.54, 1.807) is 12.1 Å². The fourth-order valence-corrected chi connectivity index (χ4v) is 2.90. The van der Waals surface area contributed by atoms with Crippen LogP contribution in [0, 0.1) is 5.82 Å². The summed E-state index contributed by atoms with van der Waals surface area (Å²) in [6.07, 6.45) is 4.53. The zero-order valence-electron chi connectivity index (χ0n) is 12.1. The molecule has 2 nitrogen and oxygen atoms in total. The molecule has 3 heteroatoms. The quantitative estimate of drug-likeness (QED) is 0.760. The average Bonchev–Trinajstić information content (AvgIpc) is 2.81. The molecule has 0 aromatic heterocycles. The molecule has 1 aromatic carbocycles. The largest absolute Gasteiger partial charge is 0.367 e. The van der Waals surface area contributed by atoms with E-state index in [9.17, 15) is 4.39 Å². The summed E-state index contributed by atoms with van der Waals surface area (Å²) < 4.78 is 13.4. The number of benzene rings is 1. The van der Waals surface area contributed by atoms with Crippen molar-refractivity contribution in [1.29, 1.82) is 0 Å². The Hall–Kier alpha value is -1.09. The van der Waals surface area contributed by atoms with Gasteiger partial charge in [0, 0.05) is 24.8 Å². The molecule has 1 heterocycles. The van der Waals surface area contributed by atoms with Crippen LogP contribution in [0.4, 0.5) is 10.1 Å². The smallest absolute Gasteiger partial charge is 0.125 e. The van der Waals surface area contributed by atoms with Gasteiger partial charge in [0.15, 0.2) is 0 Å². The van der Waals surface area contributed by atoms with Gasteiger partial charge < -0.3 is 10.2 Å². The fraction of sp³-hybridized carbons (Fsp3) is 0.625. The third kappa shape index (κ3) is 3.47. The van der Waals surface area contributed by atoms with Gasteiger partial charge in [-0.25, -0.2) is 4.39 Å². The molecule has 2 rings (SSSR count). The number of hydrogen-bond acceptors (Lipinski definition) is 2. The van der Waals surface area contributed by atoms with Crippen molar-refractivity contribution in [2.24, 2.45) is 0 Å². The van der Waals surface area contributed by atoms with Gasteiger partial charge in [-0.1, -0.05) is 26.3 Å². The van der Waals surface area contributed by atoms with Crippen LogP contribution in [0.5, 0.6) is 0 Å². The molecule has 1 aromatic rings. The first-order valence-electron chi connectivity index (χ1n) is 7.52. The highest BCUT2D eigenvalue weighted by Crippen LogP contribution is 2.31. The number of nitrogens with one attached hydrogen (secondary N) is 1. The molecule has 0 spiro atoms. The van der Waals surface area contributed by atoms with Crippen molar-refractivity contribution in [3.63, 3.8) is 0 Å². The molecule has 1 unspecified atom stereocenters. The van der Waals surface area contributed by atoms with Gasteiger partial charge in [0.2, 0.25) is 0 Å². The van der Waals surface area contributed by atoms with Crippen molar-refractivity contribution in [3.8, 4) is 0 Å². The van der Waals surface area contributed by atoms with E-state index in [2.05, 4.69) is 24.1 Å². The van der Waals surface area contributed by atoms with Crippen LogP contribution >= 0.6 is 0 Å². The van der Waals surface area contributed by atoms with Gasteiger partial charge in [0.1, 0.15) is 5.82 Å². The monoisotopic (exact) mass is 264 g/mol. The Morgan fingerprint density at radius 3 is 2.89 bits per heavy atom. The lowest BCUT2D eigenvalue weighted by Crippen LogP contribution is -2.41. The van der Waals surface area contributed by atoms with Gasteiger partial charge in [-0.15, -0.1) is 0 Å². The number of nitrogens with zero attached hydrogens (tertiary/aromatic N) is 1. The predicted octanol–water partition coefficient (Wildman–Crippen LogP) is 3.36. The molecular formula is C16H25FN2. The van der Waals surface area contributed by atoms with Crippen LogP contribution in [0.2, 0.25) is 0 Å². The molecule has 106 valence electrons. The second kappa shape index (κ2) is 6.90. The molecule has 0 saturated heterocycles. The predicted molar refractivity (Wildman–Crippen MR) is 79.3 cm³/mol. The van der Waals surface area contributed by atoms with Crippen LogP contribution in [0.3, 0.4) is 0 Å². The van der Waals surface area contributed by atoms with Crippen LogP contribution < -0.4 is 10.2 Å². The number of anilines is 1. The second-order valence-corrected chi connectivity index (χ2v) is 5.36. The summed E-state index contributed by atoms with van der Waals surface area (Å²) in [7, 11) is 0. The normalized spacial score (nSPS) is 15.6. The third-order valence-corrected chi connectivity index (χ3v) is 3.85. The molecular weight excluding hydrogens is 239 g/mol. The first kappa shape index (κ1) is 14.3. The van der Waals surface area contributed by atoms with Crippen LogP contribution in [0.15, 0.2) is 18.2 Å². The summed E-state index contributed by atoms with van der Waals surface area (Å²) in [5.74, 6) is -0.123. The number of hydrogen-bond donors (Lipinski definition) is 1. The maximum absolute atomic E-state index is 13.4. The van der Waals surface area contributed by atoms with Gasteiger partial charge in [0.25, 0.3) is 0 Å². The SMILES string of the molecule is CCCNCC(CCC)N1CCc2ccc(F)cc21. The molecule has 1 atom stereocenters. The Bertz CT molecular complexity index is 406. The number of halogens is 1. The lowest BCUT2D eigenvalue weighted by Gasteiger charge is -2.30. The molecule has 0 bridgehead atoms. The van der Waals surface area contributed by atoms with Crippen molar-refractivity contribution in [3.05, 3.63) is 29.6 Å². The van der Waals surface area contributed by atoms with E-state index in [1.165, 1.54) is 12.0 Å². The summed E-state index contributed by atoms with van der Waals surface area (Å²) >= 11 is 0. The summed E-state index contributed by atoms with van der Waals surface area (Å²) in [5, 5.41) is 3.51. The zero-order chi connectivity index (χ0) is 13.7. The van der Waals surface area contributed by atoms with Crippen molar-refractivity contribution in [1.82, 2.24) is 5.32 Å². The number of rotatable bonds is 7. The highest BCUT2D eigenvalue weighted by atomic mass is 19.1. The summed E-state index contributed by atoms with van der Waals surface area (Å²) in [6, 6.07) is 5.70. The van der Waals surface area contributed by atoms with Crippen LogP contribution in [0.1, 0.15) is 38.7 Å². The summed E-state index contributed by atoms with van der Waals surface area (Å²) in [6.45, 7) is 7.48. The second-order valence-electron chi connectivity index (χ2n) is 5.36. The van der Waals surface area contributed by atoms with Gasteiger partial charge >= 0.3 is 0 Å². The Labute approximate surface area is 116 Å². The molecule has 1 aliphatic rings. The standard InChI is InChI=1S/C16H25FN2/c1-3-5-15(12-18-9-4-2)19-10-8-13-6-7-14(17)11-16(13)19/h6-7,11,15,18H,3-5,8-10,12H2,1-2H3. The molecule has 0 saturated carbocycles. The molecule has 0 radical (unpaired) electrons. The van der Waals surface area contributed by atoms with Gasteiger partial charge in [0.05, 0.1) is 0 Å². The molecule has 19 heavy (non-hydrogen) atoms. The molecule has 1 aliphatic heterocycles. The van der Waals surface area contributed by atoms with Gasteiger partial charge in [-0.05, 0) is 43.5 Å². The van der Waals surface area contributed by atoms with E-state index >= 15 is 0 Å². The van der Waals surface area contributed by atoms with E-state index in [0.717, 1.165) is 44.6 Å². The van der Waals surface area contributed by atoms with Crippen molar-refractivity contribution >= 4 is 5.69 Å². The van der Waals surface area contributed by atoms with Crippen LogP contribution in [-0.2, 0) is 6.42 Å². The van der Waals surface area contributed by atoms with Crippen molar-refractivity contribution in [2.75, 3.05) is 24.5 Å². The zero-order valence-corrected chi connectivity index (χ0v) is 12.1. The Morgan fingerprint density at radius 2 is 2.16 bits per heavy atom. The van der Waals surface area contributed by atoms with Crippen LogP contribution in [-0.4, -0.2) is 25.7 Å². The molecule has 0 amide bonds. The van der Waals surface area contributed by atoms with E-state index < -0.39 is 0 Å². The maximum Gasteiger partial charge on any atom is 0.125 e. The molecule has 1 N–H and O–H groups in total. The van der Waals surface area contributed by atoms with E-state index in [4.69, 9.17) is 0 Å². The van der Waals surface area contributed by atoms with E-state index in [1.807, 2.05) is 6.07 Å². The Morgan fingerprint density at radius 1 is 1.32 bits per heavy atom. The van der Waals surface area contributed by atoms with Gasteiger partial charge in [-0.2, -0.15) is 0 Å². The van der Waals surface area contributed by atoms with E-state index in [-0.39, 0.29) is 5.82 Å². The Balaban J connectivity index is 2.09. The molecule has 0 fully saturated rings. The number of fused-ring (bicyclic) bond motifs is 1. The minimum Gasteiger partial charge on any atom is -0.367 e. The highest BCUT2D eigenvalue weighted by molar-refractivity contribution is 5.59. The van der Waals surface area contributed by atoms with Crippen molar-refractivity contribution in [2.45, 2.75) is 45.6 Å². The minimum atomic E-state index is -0.123. The first-order valence-corrected chi connectivity index (χ1v) is 7.52. The highest BCUT2D eigenvalue weighted by Gasteiger charge is 2.25. The average molecular weight is 264 g/mol. The van der Waals surface area contributed by atoms with E-state index in [0.29, 0.717) is 6.04 Å². The van der Waals surface area contributed by atoms with Gasteiger partial charge in [-0.3, -0.25) is 0 Å². The van der Waals surface area contributed by atoms with Crippen molar-refractivity contribution < 1.29 is 4.39 Å². The summed E-state index contributed by atoms with van der Waals surface area (Å²) in [5.41, 5.74) is 2.40. The van der Waals surface area contributed by atoms with Crippen LogP contribution in [0.25, 0.3) is 0 Å². The third-order valence-electron chi connectivity index (χ3n) is 3.85. The topological polar surface area (TPSA) is 15.3 Å². The Kier molecular flexibility index (Phi) is 5.20. The fourth-order valence-electron chi connectivity index (χ4n) is 2.90. The lowest BCUT2D eigenvalue weighted by molar-refractivity contribution is 0.505. The minimum absolute atomic E-state index is 0.123. The maximum atomic E-state index is 13.4. The molecule has 0 aliphatic carbocycles.